The molecule has 4 rings (SSSR count). The summed E-state index contributed by atoms with van der Waals surface area (Å²) in [5, 5.41) is 9.96. The Kier molecular flexibility index (Phi) is 6.15. The van der Waals surface area contributed by atoms with Crippen LogP contribution in [0.15, 0.2) is 22.0 Å². The number of nitrogens with zero attached hydrogens (tertiary/aromatic N) is 2. The summed E-state index contributed by atoms with van der Waals surface area (Å²) in [7, 11) is -4.67. The predicted octanol–water partition coefficient (Wildman–Crippen LogP) is 2.36. The molecule has 3 heterocycles. The minimum atomic E-state index is -4.67. The molecule has 0 amide bonds. The average molecular weight is 465 g/mol. The number of anilines is 1. The van der Waals surface area contributed by atoms with Crippen LogP contribution in [0.4, 0.5) is 10.1 Å². The molecule has 1 aromatic heterocycles. The summed E-state index contributed by atoms with van der Waals surface area (Å²) in [4.78, 5) is 26.0. The Balaban J connectivity index is 0.000000431. The van der Waals surface area contributed by atoms with E-state index in [1.165, 1.54) is 17.8 Å². The summed E-state index contributed by atoms with van der Waals surface area (Å²) in [6.07, 6.45) is 0. The lowest BCUT2D eigenvalue weighted by Gasteiger charge is -2.34. The lowest BCUT2D eigenvalue weighted by Crippen LogP contribution is -2.33. The lowest BCUT2D eigenvalue weighted by molar-refractivity contribution is 0.0689. The summed E-state index contributed by atoms with van der Waals surface area (Å²) in [5.74, 6) is 0.157. The van der Waals surface area contributed by atoms with Crippen molar-refractivity contribution < 1.29 is 31.8 Å². The third-order valence-electron chi connectivity index (χ3n) is 4.44. The second-order valence-electron chi connectivity index (χ2n) is 6.27. The molecule has 0 radical (unpaired) electrons. The largest absolute Gasteiger partial charge is 0.477 e. The number of rotatable bonds is 2. The van der Waals surface area contributed by atoms with E-state index in [4.69, 9.17) is 17.5 Å². The number of pyridine rings is 1. The van der Waals surface area contributed by atoms with Gasteiger partial charge in [-0.1, -0.05) is 11.8 Å². The molecule has 29 heavy (non-hydrogen) atoms. The van der Waals surface area contributed by atoms with Crippen LogP contribution in [-0.4, -0.2) is 57.8 Å². The van der Waals surface area contributed by atoms with Gasteiger partial charge in [-0.15, -0.1) is 0 Å². The van der Waals surface area contributed by atoms with E-state index < -0.39 is 27.6 Å². The Morgan fingerprint density at radius 2 is 1.83 bits per heavy atom. The van der Waals surface area contributed by atoms with Crippen molar-refractivity contribution in [3.05, 3.63) is 33.7 Å². The van der Waals surface area contributed by atoms with Gasteiger partial charge in [0.25, 0.3) is 0 Å². The van der Waals surface area contributed by atoms with E-state index >= 15 is 0 Å². The molecule has 0 bridgehead atoms. The van der Waals surface area contributed by atoms with Crippen molar-refractivity contribution in [1.82, 2.24) is 4.57 Å². The van der Waals surface area contributed by atoms with Crippen molar-refractivity contribution >= 4 is 56.5 Å². The van der Waals surface area contributed by atoms with Crippen LogP contribution in [-0.2, 0) is 10.4 Å². The van der Waals surface area contributed by atoms with Crippen molar-refractivity contribution in [2.45, 2.75) is 17.3 Å². The number of aromatic carboxylic acids is 1. The molecule has 1 fully saturated rings. The lowest BCUT2D eigenvalue weighted by atomic mass is 10.1. The quantitative estimate of drug-likeness (QED) is 0.568. The predicted molar refractivity (Wildman–Crippen MR) is 109 cm³/mol. The highest BCUT2D eigenvalue weighted by Crippen LogP contribution is 2.46. The molecular formula is C16H17FN2O7S3. The third kappa shape index (κ3) is 4.53. The number of benzene rings is 1. The van der Waals surface area contributed by atoms with E-state index in [1.807, 2.05) is 28.2 Å². The number of carboxylic acids is 1. The number of carboxylic acid groups (broad SMARTS) is 1. The van der Waals surface area contributed by atoms with Crippen LogP contribution in [0, 0.1) is 5.82 Å². The fourth-order valence-corrected chi connectivity index (χ4v) is 5.33. The second-order valence-corrected chi connectivity index (χ2v) is 9.69. The maximum atomic E-state index is 14.6. The molecule has 3 N–H and O–H groups in total. The summed E-state index contributed by atoms with van der Waals surface area (Å²) < 4.78 is 48.0. The SMILES string of the molecule is CC1Sc2c(C(=O)O)c(=O)c3cc(F)c(N4CCSCC4)cc3n21.O=S(=O)(O)O. The first-order valence-electron chi connectivity index (χ1n) is 8.33. The molecule has 2 aromatic rings. The molecule has 0 aliphatic carbocycles. The first kappa shape index (κ1) is 21.9. The standard InChI is InChI=1S/C16H15FN2O3S2.H2O4S/c1-8-19-11-7-12(18-2-4-23-5-3-18)10(17)6-9(11)14(20)13(16(21)22)15(19)24-8;1-5(2,3)4/h6-8H,2-5H2,1H3,(H,21,22);(H2,1,2,3,4). The smallest absolute Gasteiger partial charge is 0.394 e. The number of hydrogen-bond donors (Lipinski definition) is 3. The topological polar surface area (TPSA) is 137 Å². The Labute approximate surface area is 173 Å². The van der Waals surface area contributed by atoms with Gasteiger partial charge in [0.2, 0.25) is 5.43 Å². The summed E-state index contributed by atoms with van der Waals surface area (Å²) in [6, 6.07) is 2.90. The summed E-state index contributed by atoms with van der Waals surface area (Å²) in [5.41, 5.74) is 0.236. The van der Waals surface area contributed by atoms with Crippen LogP contribution >= 0.6 is 23.5 Å². The van der Waals surface area contributed by atoms with Crippen LogP contribution in [0.3, 0.4) is 0 Å². The third-order valence-corrected chi connectivity index (χ3v) is 6.56. The average Bonchev–Trinajstić information content (AvgIpc) is 2.60. The van der Waals surface area contributed by atoms with Gasteiger partial charge in [0.15, 0.2) is 0 Å². The first-order chi connectivity index (χ1) is 13.5. The zero-order chi connectivity index (χ0) is 21.5. The first-order valence-corrected chi connectivity index (χ1v) is 11.8. The number of carbonyl (C=O) groups is 1. The van der Waals surface area contributed by atoms with E-state index in [-0.39, 0.29) is 16.3 Å². The minimum absolute atomic E-state index is 0.0245. The molecule has 9 nitrogen and oxygen atoms in total. The highest BCUT2D eigenvalue weighted by atomic mass is 32.3. The van der Waals surface area contributed by atoms with Crippen molar-refractivity contribution in [2.24, 2.45) is 0 Å². The number of halogens is 1. The van der Waals surface area contributed by atoms with E-state index in [9.17, 15) is 19.1 Å². The van der Waals surface area contributed by atoms with Crippen LogP contribution in [0.25, 0.3) is 10.9 Å². The molecule has 1 unspecified atom stereocenters. The molecule has 2 aliphatic heterocycles. The Morgan fingerprint density at radius 3 is 2.34 bits per heavy atom. The molecule has 0 spiro atoms. The van der Waals surface area contributed by atoms with Crippen molar-refractivity contribution in [3.63, 3.8) is 0 Å². The van der Waals surface area contributed by atoms with Gasteiger partial charge in [0.1, 0.15) is 11.4 Å². The van der Waals surface area contributed by atoms with Crippen molar-refractivity contribution in [2.75, 3.05) is 29.5 Å². The van der Waals surface area contributed by atoms with Gasteiger partial charge in [-0.2, -0.15) is 20.2 Å². The van der Waals surface area contributed by atoms with Crippen LogP contribution in [0.2, 0.25) is 0 Å². The molecule has 0 saturated carbocycles. The van der Waals surface area contributed by atoms with Crippen LogP contribution < -0.4 is 10.3 Å². The molecule has 1 saturated heterocycles. The normalized spacial score (nSPS) is 18.5. The zero-order valence-corrected chi connectivity index (χ0v) is 17.5. The van der Waals surface area contributed by atoms with Gasteiger partial charge in [0.05, 0.1) is 21.6 Å². The maximum Gasteiger partial charge on any atom is 0.394 e. The fraction of sp³-hybridized carbons (Fsp3) is 0.375. The van der Waals surface area contributed by atoms with Gasteiger partial charge in [-0.3, -0.25) is 13.9 Å². The highest BCUT2D eigenvalue weighted by molar-refractivity contribution is 8.00. The van der Waals surface area contributed by atoms with Gasteiger partial charge in [0, 0.05) is 30.0 Å². The van der Waals surface area contributed by atoms with E-state index in [0.29, 0.717) is 16.2 Å². The number of hydrogen-bond acceptors (Lipinski definition) is 7. The Bertz CT molecular complexity index is 1140. The number of fused-ring (bicyclic) bond motifs is 3. The van der Waals surface area contributed by atoms with E-state index in [0.717, 1.165) is 24.6 Å². The second kappa shape index (κ2) is 8.14. The van der Waals surface area contributed by atoms with Gasteiger partial charge in [-0.05, 0) is 19.1 Å². The number of thioether (sulfide) groups is 2. The van der Waals surface area contributed by atoms with Crippen molar-refractivity contribution in [3.8, 4) is 0 Å². The maximum absolute atomic E-state index is 14.6. The van der Waals surface area contributed by atoms with Gasteiger partial charge < -0.3 is 14.6 Å². The van der Waals surface area contributed by atoms with Crippen molar-refractivity contribution in [1.29, 1.82) is 0 Å². The van der Waals surface area contributed by atoms with Crippen LogP contribution in [0.1, 0.15) is 22.7 Å². The Hall–Kier alpha value is -1.80. The van der Waals surface area contributed by atoms with E-state index in [1.54, 1.807) is 6.07 Å². The van der Waals surface area contributed by atoms with Crippen LogP contribution in [0.5, 0.6) is 0 Å². The fourth-order valence-electron chi connectivity index (χ4n) is 3.27. The molecule has 13 heteroatoms. The summed E-state index contributed by atoms with van der Waals surface area (Å²) in [6.45, 7) is 3.47. The molecule has 2 aliphatic rings. The molecule has 1 atom stereocenters. The number of aromatic nitrogens is 1. The molecular weight excluding hydrogens is 447 g/mol. The minimum Gasteiger partial charge on any atom is -0.477 e. The summed E-state index contributed by atoms with van der Waals surface area (Å²) >= 11 is 3.19. The monoisotopic (exact) mass is 464 g/mol. The highest BCUT2D eigenvalue weighted by Gasteiger charge is 2.33. The van der Waals surface area contributed by atoms with Gasteiger partial charge >= 0.3 is 16.4 Å². The molecule has 1 aromatic carbocycles. The zero-order valence-electron chi connectivity index (χ0n) is 15.0. The van der Waals surface area contributed by atoms with Gasteiger partial charge in [-0.25, -0.2) is 9.18 Å². The van der Waals surface area contributed by atoms with E-state index in [2.05, 4.69) is 0 Å². The molecule has 158 valence electrons. The Morgan fingerprint density at radius 1 is 1.24 bits per heavy atom.